The van der Waals surface area contributed by atoms with Gasteiger partial charge in [0.25, 0.3) is 5.91 Å². The summed E-state index contributed by atoms with van der Waals surface area (Å²) in [6.45, 7) is 3.50. The molecule has 0 radical (unpaired) electrons. The number of methoxy groups -OCH3 is 1. The highest BCUT2D eigenvalue weighted by molar-refractivity contribution is 6.03. The quantitative estimate of drug-likeness (QED) is 0.746. The Bertz CT molecular complexity index is 712. The van der Waals surface area contributed by atoms with Crippen molar-refractivity contribution in [3.8, 4) is 0 Å². The van der Waals surface area contributed by atoms with E-state index in [0.29, 0.717) is 18.8 Å². The zero-order valence-electron chi connectivity index (χ0n) is 15.2. The van der Waals surface area contributed by atoms with Gasteiger partial charge in [-0.2, -0.15) is 0 Å². The second-order valence-corrected chi connectivity index (χ2v) is 6.40. The minimum absolute atomic E-state index is 0.217. The Morgan fingerprint density at radius 3 is 2.62 bits per heavy atom. The molecule has 2 N–H and O–H groups in total. The number of amides is 1. The third kappa shape index (κ3) is 4.95. The van der Waals surface area contributed by atoms with Gasteiger partial charge in [0, 0.05) is 50.0 Å². The lowest BCUT2D eigenvalue weighted by molar-refractivity contribution is 0.102. The molecule has 1 aromatic heterocycles. The molecule has 1 aliphatic heterocycles. The average molecular weight is 354 g/mol. The standard InChI is InChI=1S/C20H26N4O2/c1-26-14-11-21-17-9-10-22-19(15-17)20(25)23-16-5-7-18(8-6-16)24-12-3-2-4-13-24/h5-10,15H,2-4,11-14H2,1H3,(H,21,22)(H,23,25). The summed E-state index contributed by atoms with van der Waals surface area (Å²) in [5.41, 5.74) is 3.22. The first-order valence-electron chi connectivity index (χ1n) is 9.11. The number of aromatic nitrogens is 1. The van der Waals surface area contributed by atoms with E-state index >= 15 is 0 Å². The van der Waals surface area contributed by atoms with Crippen LogP contribution in [-0.4, -0.2) is 44.2 Å². The first kappa shape index (κ1) is 18.2. The summed E-state index contributed by atoms with van der Waals surface area (Å²) < 4.78 is 5.01. The zero-order valence-corrected chi connectivity index (χ0v) is 15.2. The van der Waals surface area contributed by atoms with Gasteiger partial charge in [-0.1, -0.05) is 0 Å². The largest absolute Gasteiger partial charge is 0.383 e. The molecule has 3 rings (SSSR count). The van der Waals surface area contributed by atoms with Crippen LogP contribution in [-0.2, 0) is 4.74 Å². The number of piperidine rings is 1. The average Bonchev–Trinajstić information content (AvgIpc) is 2.70. The van der Waals surface area contributed by atoms with Crippen molar-refractivity contribution in [2.75, 3.05) is 48.9 Å². The molecule has 6 heteroatoms. The van der Waals surface area contributed by atoms with Gasteiger partial charge in [-0.05, 0) is 55.7 Å². The van der Waals surface area contributed by atoms with Crippen molar-refractivity contribution in [3.63, 3.8) is 0 Å². The van der Waals surface area contributed by atoms with Crippen molar-refractivity contribution in [1.29, 1.82) is 0 Å². The first-order chi connectivity index (χ1) is 12.8. The van der Waals surface area contributed by atoms with Gasteiger partial charge >= 0.3 is 0 Å². The van der Waals surface area contributed by atoms with Gasteiger partial charge in [0.05, 0.1) is 6.61 Å². The minimum Gasteiger partial charge on any atom is -0.383 e. The van der Waals surface area contributed by atoms with Crippen LogP contribution in [0.15, 0.2) is 42.6 Å². The van der Waals surface area contributed by atoms with E-state index in [1.807, 2.05) is 18.2 Å². The molecule has 1 amide bonds. The van der Waals surface area contributed by atoms with E-state index in [-0.39, 0.29) is 5.91 Å². The number of carbonyl (C=O) groups excluding carboxylic acids is 1. The van der Waals surface area contributed by atoms with Crippen molar-refractivity contribution in [1.82, 2.24) is 4.98 Å². The SMILES string of the molecule is COCCNc1ccnc(C(=O)Nc2ccc(N3CCCCC3)cc2)c1. The van der Waals surface area contributed by atoms with Crippen LogP contribution in [0, 0.1) is 0 Å². The molecular weight excluding hydrogens is 328 g/mol. The summed E-state index contributed by atoms with van der Waals surface area (Å²) in [6, 6.07) is 11.6. The van der Waals surface area contributed by atoms with E-state index in [9.17, 15) is 4.79 Å². The van der Waals surface area contributed by atoms with Crippen LogP contribution in [0.5, 0.6) is 0 Å². The number of benzene rings is 1. The van der Waals surface area contributed by atoms with E-state index in [1.165, 1.54) is 24.9 Å². The Morgan fingerprint density at radius 2 is 1.88 bits per heavy atom. The Hall–Kier alpha value is -2.60. The molecule has 2 heterocycles. The Kier molecular flexibility index (Phi) is 6.44. The number of anilines is 3. The lowest BCUT2D eigenvalue weighted by atomic mass is 10.1. The molecule has 6 nitrogen and oxygen atoms in total. The molecule has 0 aliphatic carbocycles. The summed E-state index contributed by atoms with van der Waals surface area (Å²) in [5, 5.41) is 6.11. The van der Waals surface area contributed by atoms with Gasteiger partial charge in [0.1, 0.15) is 5.69 Å². The first-order valence-corrected chi connectivity index (χ1v) is 9.11. The monoisotopic (exact) mass is 354 g/mol. The summed E-state index contributed by atoms with van der Waals surface area (Å²) in [7, 11) is 1.66. The van der Waals surface area contributed by atoms with Crippen LogP contribution in [0.2, 0.25) is 0 Å². The maximum Gasteiger partial charge on any atom is 0.274 e. The second kappa shape index (κ2) is 9.20. The van der Waals surface area contributed by atoms with Crippen molar-refractivity contribution < 1.29 is 9.53 Å². The third-order valence-corrected chi connectivity index (χ3v) is 4.47. The number of ether oxygens (including phenoxy) is 1. The molecule has 2 aromatic rings. The lowest BCUT2D eigenvalue weighted by Crippen LogP contribution is -2.29. The van der Waals surface area contributed by atoms with Gasteiger partial charge in [0.2, 0.25) is 0 Å². The Morgan fingerprint density at radius 1 is 1.12 bits per heavy atom. The fourth-order valence-corrected chi connectivity index (χ4v) is 3.06. The maximum atomic E-state index is 12.4. The smallest absolute Gasteiger partial charge is 0.274 e. The van der Waals surface area contributed by atoms with E-state index in [4.69, 9.17) is 4.74 Å². The highest BCUT2D eigenvalue weighted by atomic mass is 16.5. The van der Waals surface area contributed by atoms with Gasteiger partial charge in [0.15, 0.2) is 0 Å². The third-order valence-electron chi connectivity index (χ3n) is 4.47. The molecule has 0 saturated carbocycles. The minimum atomic E-state index is -0.217. The van der Waals surface area contributed by atoms with Crippen molar-refractivity contribution in [2.24, 2.45) is 0 Å². The van der Waals surface area contributed by atoms with Crippen LogP contribution in [0.3, 0.4) is 0 Å². The number of rotatable bonds is 7. The summed E-state index contributed by atoms with van der Waals surface area (Å²) >= 11 is 0. The van der Waals surface area contributed by atoms with E-state index < -0.39 is 0 Å². The molecule has 26 heavy (non-hydrogen) atoms. The van der Waals surface area contributed by atoms with Crippen LogP contribution in [0.25, 0.3) is 0 Å². The second-order valence-electron chi connectivity index (χ2n) is 6.40. The molecule has 1 aliphatic rings. The summed E-state index contributed by atoms with van der Waals surface area (Å²) in [4.78, 5) is 19.0. The molecule has 1 aromatic carbocycles. The highest BCUT2D eigenvalue weighted by Gasteiger charge is 2.12. The molecule has 0 atom stereocenters. The van der Waals surface area contributed by atoms with Crippen LogP contribution in [0.1, 0.15) is 29.8 Å². The molecule has 0 spiro atoms. The number of nitrogens with zero attached hydrogens (tertiary/aromatic N) is 2. The topological polar surface area (TPSA) is 66.5 Å². The van der Waals surface area contributed by atoms with E-state index in [0.717, 1.165) is 24.5 Å². The molecule has 138 valence electrons. The lowest BCUT2D eigenvalue weighted by Gasteiger charge is -2.28. The predicted octanol–water partition coefficient (Wildman–Crippen LogP) is 3.38. The fourth-order valence-electron chi connectivity index (χ4n) is 3.06. The number of hydrogen-bond donors (Lipinski definition) is 2. The summed E-state index contributed by atoms with van der Waals surface area (Å²) in [6.07, 6.45) is 5.44. The molecule has 0 bridgehead atoms. The van der Waals surface area contributed by atoms with Gasteiger partial charge in [-0.3, -0.25) is 9.78 Å². The van der Waals surface area contributed by atoms with Gasteiger partial charge in [-0.15, -0.1) is 0 Å². The van der Waals surface area contributed by atoms with Crippen molar-refractivity contribution in [3.05, 3.63) is 48.3 Å². The Labute approximate surface area is 154 Å². The summed E-state index contributed by atoms with van der Waals surface area (Å²) in [5.74, 6) is -0.217. The number of carbonyl (C=O) groups is 1. The van der Waals surface area contributed by atoms with Crippen molar-refractivity contribution >= 4 is 23.0 Å². The predicted molar refractivity (Wildman–Crippen MR) is 105 cm³/mol. The van der Waals surface area contributed by atoms with Crippen LogP contribution < -0.4 is 15.5 Å². The van der Waals surface area contributed by atoms with E-state index in [1.54, 1.807) is 19.4 Å². The molecule has 0 unspecified atom stereocenters. The maximum absolute atomic E-state index is 12.4. The zero-order chi connectivity index (χ0) is 18.2. The normalized spacial score (nSPS) is 14.1. The Balaban J connectivity index is 1.59. The van der Waals surface area contributed by atoms with Crippen LogP contribution >= 0.6 is 0 Å². The molecule has 1 saturated heterocycles. The fraction of sp³-hybridized carbons (Fsp3) is 0.400. The molecular formula is C20H26N4O2. The number of nitrogens with one attached hydrogen (secondary N) is 2. The van der Waals surface area contributed by atoms with Gasteiger partial charge in [-0.25, -0.2) is 0 Å². The van der Waals surface area contributed by atoms with Gasteiger partial charge < -0.3 is 20.3 Å². The number of pyridine rings is 1. The van der Waals surface area contributed by atoms with Crippen molar-refractivity contribution in [2.45, 2.75) is 19.3 Å². The number of hydrogen-bond acceptors (Lipinski definition) is 5. The molecule has 1 fully saturated rings. The van der Waals surface area contributed by atoms with E-state index in [2.05, 4.69) is 32.7 Å². The van der Waals surface area contributed by atoms with Crippen LogP contribution in [0.4, 0.5) is 17.1 Å². The highest BCUT2D eigenvalue weighted by Crippen LogP contribution is 2.22.